The fourth-order valence-electron chi connectivity index (χ4n) is 6.67. The first kappa shape index (κ1) is 25.7. The summed E-state index contributed by atoms with van der Waals surface area (Å²) >= 11 is 0. The largest absolute Gasteiger partial charge is 0.507 e. The lowest BCUT2D eigenvalue weighted by atomic mass is 9.52. The standard InChI is InChI=1S/C26H29N5O7/c1-30(2)15-7-12(11-8-28-29-9-11)20(32)17-13(15)5-10-6-14-19(31(3)4)22(34)18(25(27)37)24(36)26(14,38)23(35)16(10)21(17)33/h7-10,14,16,18-19,32,38H,5-6H2,1-4H3,(H2,27,37)(H,28,29)/t10-,14-,16?,18?,19-,26-/m0/s1. The first-order chi connectivity index (χ1) is 17.8. The number of H-pyrrole nitrogens is 1. The van der Waals surface area contributed by atoms with Crippen LogP contribution in [0.15, 0.2) is 18.5 Å². The average Bonchev–Trinajstić information content (AvgIpc) is 3.35. The molecule has 1 heterocycles. The molecule has 200 valence electrons. The normalized spacial score (nSPS) is 30.6. The molecule has 1 aromatic carbocycles. The van der Waals surface area contributed by atoms with Gasteiger partial charge in [-0.2, -0.15) is 5.10 Å². The molecule has 0 radical (unpaired) electrons. The Morgan fingerprint density at radius 3 is 2.39 bits per heavy atom. The number of aromatic amines is 1. The van der Waals surface area contributed by atoms with Crippen molar-refractivity contribution in [1.82, 2.24) is 15.1 Å². The molecule has 2 saturated carbocycles. The monoisotopic (exact) mass is 523 g/mol. The third kappa shape index (κ3) is 3.29. The number of nitrogens with zero attached hydrogens (tertiary/aromatic N) is 3. The zero-order chi connectivity index (χ0) is 27.8. The Morgan fingerprint density at radius 2 is 1.84 bits per heavy atom. The topological polar surface area (TPSA) is 187 Å². The van der Waals surface area contributed by atoms with Crippen LogP contribution in [-0.2, 0) is 25.6 Å². The summed E-state index contributed by atoms with van der Waals surface area (Å²) in [7, 11) is 6.68. The van der Waals surface area contributed by atoms with Crippen LogP contribution in [0.5, 0.6) is 5.75 Å². The third-order valence-electron chi connectivity index (χ3n) is 8.33. The summed E-state index contributed by atoms with van der Waals surface area (Å²) in [5.41, 5.74) is 4.59. The maximum absolute atomic E-state index is 14.0. The number of nitrogens with two attached hydrogens (primary N) is 1. The third-order valence-corrected chi connectivity index (χ3v) is 8.33. The van der Waals surface area contributed by atoms with Gasteiger partial charge in [-0.1, -0.05) is 0 Å². The molecule has 2 aromatic rings. The number of aromatic nitrogens is 2. The van der Waals surface area contributed by atoms with Gasteiger partial charge in [-0.05, 0) is 44.5 Å². The summed E-state index contributed by atoms with van der Waals surface area (Å²) in [6, 6.07) is 0.600. The lowest BCUT2D eigenvalue weighted by molar-refractivity contribution is -0.181. The number of likely N-dealkylation sites (N-methyl/N-ethyl adjacent to an activating group) is 1. The van der Waals surface area contributed by atoms with E-state index in [2.05, 4.69) is 10.2 Å². The number of nitrogens with one attached hydrogen (secondary N) is 1. The van der Waals surface area contributed by atoms with Gasteiger partial charge >= 0.3 is 0 Å². The van der Waals surface area contributed by atoms with Crippen LogP contribution < -0.4 is 10.6 Å². The Bertz CT molecular complexity index is 1400. The van der Waals surface area contributed by atoms with E-state index >= 15 is 0 Å². The molecule has 6 atom stereocenters. The highest BCUT2D eigenvalue weighted by atomic mass is 16.3. The molecule has 0 saturated heterocycles. The van der Waals surface area contributed by atoms with Crippen LogP contribution in [0.4, 0.5) is 5.69 Å². The zero-order valence-electron chi connectivity index (χ0n) is 21.4. The van der Waals surface area contributed by atoms with Crippen LogP contribution in [0, 0.1) is 23.7 Å². The molecular weight excluding hydrogens is 494 g/mol. The van der Waals surface area contributed by atoms with Gasteiger partial charge in [0.15, 0.2) is 34.7 Å². The minimum Gasteiger partial charge on any atom is -0.507 e. The number of hydrogen-bond acceptors (Lipinski definition) is 10. The van der Waals surface area contributed by atoms with Crippen molar-refractivity contribution in [2.75, 3.05) is 33.1 Å². The summed E-state index contributed by atoms with van der Waals surface area (Å²) in [4.78, 5) is 69.8. The molecule has 2 fully saturated rings. The van der Waals surface area contributed by atoms with E-state index in [-0.39, 0.29) is 24.2 Å². The average molecular weight is 524 g/mol. The molecule has 5 rings (SSSR count). The molecule has 1 amide bonds. The number of benzene rings is 1. The Balaban J connectivity index is 1.69. The number of phenols is 1. The summed E-state index contributed by atoms with van der Waals surface area (Å²) in [6.07, 6.45) is 3.23. The highest BCUT2D eigenvalue weighted by Gasteiger charge is 2.69. The number of fused-ring (bicyclic) bond motifs is 3. The van der Waals surface area contributed by atoms with Crippen LogP contribution in [0.2, 0.25) is 0 Å². The Hall–Kier alpha value is -3.90. The minimum atomic E-state index is -2.75. The van der Waals surface area contributed by atoms with Crippen molar-refractivity contribution >= 4 is 34.7 Å². The number of anilines is 1. The summed E-state index contributed by atoms with van der Waals surface area (Å²) < 4.78 is 0. The van der Waals surface area contributed by atoms with E-state index in [4.69, 9.17) is 5.73 Å². The highest BCUT2D eigenvalue weighted by molar-refractivity contribution is 6.32. The number of carbonyl (C=O) groups is 5. The van der Waals surface area contributed by atoms with Crippen LogP contribution in [0.3, 0.4) is 0 Å². The maximum atomic E-state index is 14.0. The first-order valence-electron chi connectivity index (χ1n) is 12.2. The Morgan fingerprint density at radius 1 is 1.16 bits per heavy atom. The second-order valence-corrected chi connectivity index (χ2v) is 10.8. The lowest BCUT2D eigenvalue weighted by Crippen LogP contribution is -2.74. The molecule has 12 nitrogen and oxygen atoms in total. The lowest BCUT2D eigenvalue weighted by Gasteiger charge is -2.52. The van der Waals surface area contributed by atoms with Crippen LogP contribution in [0.25, 0.3) is 11.1 Å². The van der Waals surface area contributed by atoms with Crippen molar-refractivity contribution in [2.24, 2.45) is 29.4 Å². The highest BCUT2D eigenvalue weighted by Crippen LogP contribution is 2.53. The summed E-state index contributed by atoms with van der Waals surface area (Å²) in [5, 5.41) is 29.5. The fourth-order valence-corrected chi connectivity index (χ4v) is 6.67. The van der Waals surface area contributed by atoms with Gasteiger partial charge in [-0.25, -0.2) is 0 Å². The molecule has 12 heteroatoms. The zero-order valence-corrected chi connectivity index (χ0v) is 21.4. The van der Waals surface area contributed by atoms with Gasteiger partial charge in [0.05, 0.1) is 23.7 Å². The molecular formula is C26H29N5O7. The van der Waals surface area contributed by atoms with Gasteiger partial charge in [0.1, 0.15) is 5.75 Å². The SMILES string of the molecule is CN(C)c1cc(-c2cn[nH]c2)c(O)c2c1C[C@H]1C[C@H]3[C@H](N(C)C)C(=O)C(C(N)=O)C(=O)[C@@]3(O)C(=O)C1C2=O. The number of rotatable bonds is 4. The number of carbonyl (C=O) groups excluding carboxylic acids is 5. The predicted molar refractivity (Wildman–Crippen MR) is 133 cm³/mol. The van der Waals surface area contributed by atoms with Gasteiger partial charge in [0.25, 0.3) is 0 Å². The van der Waals surface area contributed by atoms with Crippen LogP contribution in [-0.4, -0.2) is 94.2 Å². The van der Waals surface area contributed by atoms with E-state index < -0.39 is 64.4 Å². The van der Waals surface area contributed by atoms with E-state index in [1.54, 1.807) is 45.4 Å². The van der Waals surface area contributed by atoms with Crippen molar-refractivity contribution in [3.05, 3.63) is 29.6 Å². The molecule has 3 aliphatic rings. The Labute approximate surface area is 217 Å². The molecule has 5 N–H and O–H groups in total. The first-order valence-corrected chi connectivity index (χ1v) is 12.2. The summed E-state index contributed by atoms with van der Waals surface area (Å²) in [5.74, 6) is -10.7. The van der Waals surface area contributed by atoms with Crippen molar-refractivity contribution < 1.29 is 34.2 Å². The number of hydrogen-bond donors (Lipinski definition) is 4. The van der Waals surface area contributed by atoms with Crippen molar-refractivity contribution in [3.8, 4) is 16.9 Å². The molecule has 0 spiro atoms. The van der Waals surface area contributed by atoms with Gasteiger partial charge in [-0.15, -0.1) is 0 Å². The molecule has 0 aliphatic heterocycles. The number of amides is 1. The van der Waals surface area contributed by atoms with Crippen molar-refractivity contribution in [3.63, 3.8) is 0 Å². The number of phenolic OH excluding ortho intramolecular Hbond substituents is 1. The van der Waals surface area contributed by atoms with E-state index in [1.165, 1.54) is 11.1 Å². The molecule has 2 unspecified atom stereocenters. The van der Waals surface area contributed by atoms with E-state index in [9.17, 15) is 34.2 Å². The van der Waals surface area contributed by atoms with Gasteiger partial charge in [-0.3, -0.25) is 34.0 Å². The van der Waals surface area contributed by atoms with Gasteiger partial charge < -0.3 is 20.8 Å². The summed E-state index contributed by atoms with van der Waals surface area (Å²) in [6.45, 7) is 0. The smallest absolute Gasteiger partial charge is 0.235 e. The van der Waals surface area contributed by atoms with Crippen molar-refractivity contribution in [1.29, 1.82) is 0 Å². The predicted octanol–water partition coefficient (Wildman–Crippen LogP) is -0.677. The quantitative estimate of drug-likeness (QED) is 0.374. The Kier molecular flexibility index (Phi) is 5.80. The van der Waals surface area contributed by atoms with E-state index in [0.29, 0.717) is 22.4 Å². The van der Waals surface area contributed by atoms with E-state index in [1.807, 2.05) is 0 Å². The maximum Gasteiger partial charge on any atom is 0.235 e. The number of aromatic hydroxyl groups is 1. The van der Waals surface area contributed by atoms with Crippen LogP contribution in [0.1, 0.15) is 22.3 Å². The molecule has 3 aliphatic carbocycles. The minimum absolute atomic E-state index is 0.001000. The fraction of sp³-hybridized carbons (Fsp3) is 0.462. The molecule has 1 aromatic heterocycles. The molecule has 38 heavy (non-hydrogen) atoms. The van der Waals surface area contributed by atoms with Crippen LogP contribution >= 0.6 is 0 Å². The van der Waals surface area contributed by atoms with Crippen molar-refractivity contribution in [2.45, 2.75) is 24.5 Å². The van der Waals surface area contributed by atoms with Gasteiger partial charge in [0.2, 0.25) is 5.91 Å². The number of Topliss-reactive ketones (excluding diaryl/α,β-unsaturated/α-hetero) is 4. The second-order valence-electron chi connectivity index (χ2n) is 10.8. The number of aliphatic hydroxyl groups is 1. The van der Waals surface area contributed by atoms with Gasteiger partial charge in [0, 0.05) is 43.0 Å². The number of ketones is 4. The number of primary amides is 1. The second kappa shape index (κ2) is 8.57. The van der Waals surface area contributed by atoms with E-state index in [0.717, 1.165) is 0 Å². The molecule has 0 bridgehead atoms.